The van der Waals surface area contributed by atoms with Crippen LogP contribution in [0.3, 0.4) is 0 Å². The van der Waals surface area contributed by atoms with Gasteiger partial charge in [-0.2, -0.15) is 0 Å². The summed E-state index contributed by atoms with van der Waals surface area (Å²) in [5.74, 6) is 0. The molecule has 17 heavy (non-hydrogen) atoms. The second-order valence-corrected chi connectivity index (χ2v) is 5.77. The van der Waals surface area contributed by atoms with Gasteiger partial charge in [-0.15, -0.1) is 0 Å². The molecule has 0 spiro atoms. The molecule has 3 nitrogen and oxygen atoms in total. The maximum Gasteiger partial charge on any atom is 0.0909 e. The van der Waals surface area contributed by atoms with Crippen molar-refractivity contribution < 1.29 is 10.2 Å². The molecule has 1 aromatic rings. The van der Waals surface area contributed by atoms with Gasteiger partial charge in [-0.05, 0) is 40.9 Å². The molecule has 0 radical (unpaired) electrons. The fourth-order valence-corrected chi connectivity index (χ4v) is 2.65. The zero-order valence-corrected chi connectivity index (χ0v) is 11.4. The van der Waals surface area contributed by atoms with Crippen LogP contribution in [0, 0.1) is 0 Å². The van der Waals surface area contributed by atoms with Crippen molar-refractivity contribution in [2.45, 2.75) is 50.2 Å². The zero-order chi connectivity index (χ0) is 12.3. The van der Waals surface area contributed by atoms with E-state index >= 15 is 0 Å². The number of pyridine rings is 1. The lowest BCUT2D eigenvalue weighted by Crippen LogP contribution is -2.45. The van der Waals surface area contributed by atoms with E-state index in [2.05, 4.69) is 20.9 Å². The first kappa shape index (κ1) is 13.0. The van der Waals surface area contributed by atoms with Crippen LogP contribution in [-0.2, 0) is 6.42 Å². The summed E-state index contributed by atoms with van der Waals surface area (Å²) < 4.78 is 0.923. The van der Waals surface area contributed by atoms with E-state index in [0.29, 0.717) is 19.3 Å². The van der Waals surface area contributed by atoms with Crippen molar-refractivity contribution >= 4 is 15.9 Å². The summed E-state index contributed by atoms with van der Waals surface area (Å²) in [7, 11) is 0. The molecule has 0 amide bonds. The van der Waals surface area contributed by atoms with Gasteiger partial charge in [-0.1, -0.05) is 19.3 Å². The summed E-state index contributed by atoms with van der Waals surface area (Å²) >= 11 is 3.32. The smallest absolute Gasteiger partial charge is 0.0909 e. The molecule has 1 heterocycles. The second kappa shape index (κ2) is 5.46. The van der Waals surface area contributed by atoms with E-state index in [0.717, 1.165) is 29.4 Å². The molecule has 0 bridgehead atoms. The molecule has 0 saturated heterocycles. The predicted octanol–water partition coefficient (Wildman–Crippen LogP) is 2.44. The topological polar surface area (TPSA) is 53.4 Å². The third-order valence-electron chi connectivity index (χ3n) is 3.53. The first-order valence-electron chi connectivity index (χ1n) is 6.11. The fraction of sp³-hybridized carbons (Fsp3) is 0.615. The molecule has 94 valence electrons. The Balaban J connectivity index is 2.00. The molecule has 0 aromatic carbocycles. The molecular weight excluding hydrogens is 282 g/mol. The Morgan fingerprint density at radius 2 is 2.00 bits per heavy atom. The van der Waals surface area contributed by atoms with Gasteiger partial charge in [0.2, 0.25) is 0 Å². The summed E-state index contributed by atoms with van der Waals surface area (Å²) in [5.41, 5.74) is -0.0906. The van der Waals surface area contributed by atoms with Crippen molar-refractivity contribution in [1.29, 1.82) is 0 Å². The highest BCUT2D eigenvalue weighted by Crippen LogP contribution is 2.32. The Bertz CT molecular complexity index is 360. The number of nitrogens with zero attached hydrogens (tertiary/aromatic N) is 1. The van der Waals surface area contributed by atoms with Crippen molar-refractivity contribution in [3.63, 3.8) is 0 Å². The van der Waals surface area contributed by atoms with Crippen molar-refractivity contribution in [2.75, 3.05) is 0 Å². The van der Waals surface area contributed by atoms with Crippen LogP contribution in [0.5, 0.6) is 0 Å². The van der Waals surface area contributed by atoms with Crippen molar-refractivity contribution in [3.8, 4) is 0 Å². The Hall–Kier alpha value is -0.450. The lowest BCUT2D eigenvalue weighted by Gasteiger charge is -2.36. The molecular formula is C13H18BrNO2. The van der Waals surface area contributed by atoms with E-state index in [9.17, 15) is 10.2 Å². The fourth-order valence-electron chi connectivity index (χ4n) is 2.41. The monoisotopic (exact) mass is 299 g/mol. The average molecular weight is 300 g/mol. The van der Waals surface area contributed by atoms with E-state index in [-0.39, 0.29) is 0 Å². The SMILES string of the molecule is OC(Cc1ccc(Br)cn1)C1(O)CCCCC1. The van der Waals surface area contributed by atoms with E-state index in [1.165, 1.54) is 0 Å². The van der Waals surface area contributed by atoms with Gasteiger partial charge in [0, 0.05) is 22.8 Å². The van der Waals surface area contributed by atoms with Crippen LogP contribution in [0.25, 0.3) is 0 Å². The first-order chi connectivity index (χ1) is 8.10. The van der Waals surface area contributed by atoms with E-state index < -0.39 is 11.7 Å². The molecule has 2 rings (SSSR count). The largest absolute Gasteiger partial charge is 0.390 e. The number of rotatable bonds is 3. The number of halogens is 1. The molecule has 2 N–H and O–H groups in total. The number of aromatic nitrogens is 1. The standard InChI is InChI=1S/C13H18BrNO2/c14-10-4-5-11(15-9-10)8-12(16)13(17)6-2-1-3-7-13/h4-5,9,12,16-17H,1-3,6-8H2. The van der Waals surface area contributed by atoms with Gasteiger partial charge in [0.15, 0.2) is 0 Å². The van der Waals surface area contributed by atoms with Crippen LogP contribution >= 0.6 is 15.9 Å². The van der Waals surface area contributed by atoms with Crippen LogP contribution in [-0.4, -0.2) is 26.9 Å². The normalized spacial score (nSPS) is 21.1. The zero-order valence-electron chi connectivity index (χ0n) is 9.77. The quantitative estimate of drug-likeness (QED) is 0.901. The number of aliphatic hydroxyl groups is 2. The van der Waals surface area contributed by atoms with Crippen molar-refractivity contribution in [2.24, 2.45) is 0 Å². The first-order valence-corrected chi connectivity index (χ1v) is 6.90. The Morgan fingerprint density at radius 1 is 1.29 bits per heavy atom. The van der Waals surface area contributed by atoms with E-state index in [4.69, 9.17) is 0 Å². The lowest BCUT2D eigenvalue weighted by atomic mass is 9.79. The van der Waals surface area contributed by atoms with Gasteiger partial charge >= 0.3 is 0 Å². The minimum atomic E-state index is -0.910. The molecule has 1 aromatic heterocycles. The summed E-state index contributed by atoms with van der Waals surface area (Å²) in [6.07, 6.45) is 5.98. The maximum absolute atomic E-state index is 10.4. The third-order valence-corrected chi connectivity index (χ3v) is 4.00. The van der Waals surface area contributed by atoms with Gasteiger partial charge in [-0.3, -0.25) is 4.98 Å². The van der Waals surface area contributed by atoms with Crippen molar-refractivity contribution in [3.05, 3.63) is 28.5 Å². The van der Waals surface area contributed by atoms with Crippen LogP contribution in [0.1, 0.15) is 37.8 Å². The molecule has 1 aliphatic carbocycles. The van der Waals surface area contributed by atoms with E-state index in [1.807, 2.05) is 12.1 Å². The molecule has 1 unspecified atom stereocenters. The highest BCUT2D eigenvalue weighted by Gasteiger charge is 2.36. The predicted molar refractivity (Wildman–Crippen MR) is 69.7 cm³/mol. The minimum absolute atomic E-state index is 0.420. The number of aliphatic hydroxyl groups excluding tert-OH is 1. The molecule has 1 aliphatic rings. The van der Waals surface area contributed by atoms with Gasteiger partial charge in [-0.25, -0.2) is 0 Å². The van der Waals surface area contributed by atoms with Crippen LogP contribution in [0.4, 0.5) is 0 Å². The molecule has 1 atom stereocenters. The number of hydrogen-bond donors (Lipinski definition) is 2. The highest BCUT2D eigenvalue weighted by atomic mass is 79.9. The van der Waals surface area contributed by atoms with Gasteiger partial charge in [0.25, 0.3) is 0 Å². The van der Waals surface area contributed by atoms with Crippen LogP contribution in [0.15, 0.2) is 22.8 Å². The van der Waals surface area contributed by atoms with Gasteiger partial charge in [0.1, 0.15) is 0 Å². The Morgan fingerprint density at radius 3 is 2.59 bits per heavy atom. The molecule has 4 heteroatoms. The summed E-state index contributed by atoms with van der Waals surface area (Å²) in [4.78, 5) is 4.23. The van der Waals surface area contributed by atoms with Gasteiger partial charge < -0.3 is 10.2 Å². The lowest BCUT2D eigenvalue weighted by molar-refractivity contribution is -0.0963. The summed E-state index contributed by atoms with van der Waals surface area (Å²) in [5, 5.41) is 20.5. The molecule has 0 aliphatic heterocycles. The Kier molecular flexibility index (Phi) is 4.17. The van der Waals surface area contributed by atoms with Crippen molar-refractivity contribution in [1.82, 2.24) is 4.98 Å². The highest BCUT2D eigenvalue weighted by molar-refractivity contribution is 9.10. The van der Waals surface area contributed by atoms with E-state index in [1.54, 1.807) is 6.20 Å². The third kappa shape index (κ3) is 3.27. The second-order valence-electron chi connectivity index (χ2n) is 4.85. The molecule has 1 fully saturated rings. The summed E-state index contributed by atoms with van der Waals surface area (Å²) in [6.45, 7) is 0. The minimum Gasteiger partial charge on any atom is -0.390 e. The maximum atomic E-state index is 10.4. The van der Waals surface area contributed by atoms with Gasteiger partial charge in [0.05, 0.1) is 11.7 Å². The Labute approximate surface area is 110 Å². The average Bonchev–Trinajstić information content (AvgIpc) is 2.33. The summed E-state index contributed by atoms with van der Waals surface area (Å²) in [6, 6.07) is 3.78. The number of hydrogen-bond acceptors (Lipinski definition) is 3. The van der Waals surface area contributed by atoms with Crippen LogP contribution < -0.4 is 0 Å². The van der Waals surface area contributed by atoms with Crippen LogP contribution in [0.2, 0.25) is 0 Å². The molecule has 1 saturated carbocycles.